The van der Waals surface area contributed by atoms with Gasteiger partial charge in [-0.1, -0.05) is 0 Å². The lowest BCUT2D eigenvalue weighted by atomic mass is 10.4. The lowest BCUT2D eigenvalue weighted by Crippen LogP contribution is -2.42. The second-order valence-electron chi connectivity index (χ2n) is 4.74. The minimum atomic E-state index is 0. The molecule has 0 radical (unpaired) electrons. The van der Waals surface area contributed by atoms with E-state index < -0.39 is 0 Å². The van der Waals surface area contributed by atoms with Crippen molar-refractivity contribution in [3.8, 4) is 0 Å². The molecule has 2 rings (SSSR count). The summed E-state index contributed by atoms with van der Waals surface area (Å²) >= 11 is 2.00. The van der Waals surface area contributed by atoms with Crippen LogP contribution in [-0.2, 0) is 0 Å². The highest BCUT2D eigenvalue weighted by Gasteiger charge is 2.12. The zero-order valence-corrected chi connectivity index (χ0v) is 14.2. The average Bonchev–Trinajstić information content (AvgIpc) is 2.88. The van der Waals surface area contributed by atoms with Gasteiger partial charge in [-0.2, -0.15) is 11.8 Å². The Morgan fingerprint density at radius 1 is 1.11 bits per heavy atom. The van der Waals surface area contributed by atoms with Gasteiger partial charge < -0.3 is 15.5 Å². The summed E-state index contributed by atoms with van der Waals surface area (Å²) in [5.41, 5.74) is 6.00. The van der Waals surface area contributed by atoms with Gasteiger partial charge in [0.05, 0.1) is 0 Å². The Hall–Kier alpha value is 0.310. The van der Waals surface area contributed by atoms with Gasteiger partial charge in [-0.3, -0.25) is 4.99 Å². The van der Waals surface area contributed by atoms with Crippen LogP contribution in [-0.4, -0.2) is 66.5 Å². The van der Waals surface area contributed by atoms with Gasteiger partial charge in [-0.05, 0) is 38.9 Å². The van der Waals surface area contributed by atoms with E-state index in [9.17, 15) is 0 Å². The van der Waals surface area contributed by atoms with E-state index in [-0.39, 0.29) is 24.0 Å². The molecule has 0 unspecified atom stereocenters. The molecule has 4 nitrogen and oxygen atoms in total. The van der Waals surface area contributed by atoms with Crippen LogP contribution < -0.4 is 5.73 Å². The first kappa shape index (κ1) is 16.4. The first-order valence-electron chi connectivity index (χ1n) is 6.71. The third kappa shape index (κ3) is 5.52. The van der Waals surface area contributed by atoms with Gasteiger partial charge in [0, 0.05) is 31.1 Å². The van der Waals surface area contributed by atoms with Gasteiger partial charge in [0.1, 0.15) is 0 Å². The van der Waals surface area contributed by atoms with Crippen molar-refractivity contribution in [2.75, 3.05) is 50.8 Å². The summed E-state index contributed by atoms with van der Waals surface area (Å²) in [6.45, 7) is 6.75. The summed E-state index contributed by atoms with van der Waals surface area (Å²) in [6, 6.07) is 0. The van der Waals surface area contributed by atoms with Crippen molar-refractivity contribution >= 4 is 41.7 Å². The monoisotopic (exact) mass is 384 g/mol. The first-order chi connectivity index (χ1) is 8.36. The Balaban J connectivity index is 0.00000162. The van der Waals surface area contributed by atoms with Gasteiger partial charge in [0.15, 0.2) is 5.96 Å². The average molecular weight is 384 g/mol. The fraction of sp³-hybridized carbons (Fsp3) is 0.917. The van der Waals surface area contributed by atoms with E-state index in [1.54, 1.807) is 0 Å². The van der Waals surface area contributed by atoms with E-state index in [4.69, 9.17) is 5.73 Å². The van der Waals surface area contributed by atoms with Gasteiger partial charge in [0.2, 0.25) is 0 Å². The highest BCUT2D eigenvalue weighted by molar-refractivity contribution is 14.0. The molecule has 0 amide bonds. The normalized spacial score (nSPS) is 22.0. The molecule has 2 heterocycles. The molecule has 0 aromatic heterocycles. The van der Waals surface area contributed by atoms with Crippen molar-refractivity contribution in [3.63, 3.8) is 0 Å². The van der Waals surface area contributed by atoms with Crippen LogP contribution >= 0.6 is 35.7 Å². The Labute approximate surface area is 132 Å². The van der Waals surface area contributed by atoms with Crippen LogP contribution in [0, 0.1) is 0 Å². The number of guanidine groups is 1. The van der Waals surface area contributed by atoms with Gasteiger partial charge in [-0.25, -0.2) is 0 Å². The van der Waals surface area contributed by atoms with E-state index in [0.717, 1.165) is 32.0 Å². The zero-order chi connectivity index (χ0) is 11.9. The molecule has 2 aliphatic heterocycles. The summed E-state index contributed by atoms with van der Waals surface area (Å²) in [6.07, 6.45) is 3.89. The molecule has 0 spiro atoms. The van der Waals surface area contributed by atoms with Crippen LogP contribution in [0.25, 0.3) is 0 Å². The van der Waals surface area contributed by atoms with Crippen molar-refractivity contribution in [2.45, 2.75) is 19.3 Å². The number of hydrogen-bond acceptors (Lipinski definition) is 3. The summed E-state index contributed by atoms with van der Waals surface area (Å²) in [5.74, 6) is 3.13. The number of rotatable bonds is 4. The Morgan fingerprint density at radius 2 is 1.78 bits per heavy atom. The number of hydrogen-bond donors (Lipinski definition) is 1. The second kappa shape index (κ2) is 9.25. The molecule has 0 aromatic rings. The van der Waals surface area contributed by atoms with Crippen LogP contribution in [0.1, 0.15) is 19.3 Å². The SMILES string of the molecule is I.NC(=NCCCN1CCCC1)N1CCSCC1. The van der Waals surface area contributed by atoms with Crippen molar-refractivity contribution < 1.29 is 0 Å². The largest absolute Gasteiger partial charge is 0.370 e. The predicted molar refractivity (Wildman–Crippen MR) is 91.1 cm³/mol. The minimum absolute atomic E-state index is 0. The maximum absolute atomic E-state index is 6.00. The lowest BCUT2D eigenvalue weighted by molar-refractivity contribution is 0.335. The molecule has 0 bridgehead atoms. The summed E-state index contributed by atoms with van der Waals surface area (Å²) in [4.78, 5) is 9.24. The Morgan fingerprint density at radius 3 is 2.44 bits per heavy atom. The molecule has 0 aromatic carbocycles. The number of likely N-dealkylation sites (tertiary alicyclic amines) is 1. The standard InChI is InChI=1S/C12H24N4S.HI/c13-12(16-8-10-17-11-9-16)14-4-3-7-15-5-1-2-6-15;/h1-11H2,(H2,13,14);1H. The van der Waals surface area contributed by atoms with Crippen LogP contribution in [0.2, 0.25) is 0 Å². The van der Waals surface area contributed by atoms with E-state index in [2.05, 4.69) is 14.8 Å². The molecular formula is C12H25IN4S. The Bertz CT molecular complexity index is 250. The molecule has 106 valence electrons. The number of thioether (sulfide) groups is 1. The van der Waals surface area contributed by atoms with Crippen LogP contribution in [0.3, 0.4) is 0 Å². The van der Waals surface area contributed by atoms with E-state index >= 15 is 0 Å². The number of nitrogens with two attached hydrogens (primary N) is 1. The minimum Gasteiger partial charge on any atom is -0.370 e. The van der Waals surface area contributed by atoms with Gasteiger partial charge in [0.25, 0.3) is 0 Å². The fourth-order valence-corrected chi connectivity index (χ4v) is 3.29. The first-order valence-corrected chi connectivity index (χ1v) is 7.87. The summed E-state index contributed by atoms with van der Waals surface area (Å²) in [5, 5.41) is 0. The highest BCUT2D eigenvalue weighted by Crippen LogP contribution is 2.09. The van der Waals surface area contributed by atoms with E-state index in [1.807, 2.05) is 11.8 Å². The maximum atomic E-state index is 6.00. The third-order valence-electron chi connectivity index (χ3n) is 3.44. The molecule has 0 aliphatic carbocycles. The van der Waals surface area contributed by atoms with Crippen molar-refractivity contribution in [2.24, 2.45) is 10.7 Å². The van der Waals surface area contributed by atoms with E-state index in [1.165, 1.54) is 44.0 Å². The topological polar surface area (TPSA) is 44.9 Å². The maximum Gasteiger partial charge on any atom is 0.191 e. The lowest BCUT2D eigenvalue weighted by Gasteiger charge is -2.27. The molecule has 2 N–H and O–H groups in total. The molecule has 2 fully saturated rings. The van der Waals surface area contributed by atoms with Crippen molar-refractivity contribution in [1.82, 2.24) is 9.80 Å². The molecule has 6 heteroatoms. The van der Waals surface area contributed by atoms with Crippen LogP contribution in [0.4, 0.5) is 0 Å². The van der Waals surface area contributed by atoms with Crippen LogP contribution in [0.15, 0.2) is 4.99 Å². The zero-order valence-electron chi connectivity index (χ0n) is 11.0. The quantitative estimate of drug-likeness (QED) is 0.345. The second-order valence-corrected chi connectivity index (χ2v) is 5.97. The van der Waals surface area contributed by atoms with E-state index in [0.29, 0.717) is 0 Å². The molecule has 2 aliphatic rings. The van der Waals surface area contributed by atoms with Gasteiger partial charge >= 0.3 is 0 Å². The molecular weight excluding hydrogens is 359 g/mol. The highest BCUT2D eigenvalue weighted by atomic mass is 127. The molecule has 18 heavy (non-hydrogen) atoms. The van der Waals surface area contributed by atoms with Crippen molar-refractivity contribution in [3.05, 3.63) is 0 Å². The fourth-order valence-electron chi connectivity index (χ4n) is 2.39. The molecule has 0 saturated carbocycles. The van der Waals surface area contributed by atoms with Gasteiger partial charge in [-0.15, -0.1) is 24.0 Å². The molecule has 0 atom stereocenters. The smallest absolute Gasteiger partial charge is 0.191 e. The number of halogens is 1. The summed E-state index contributed by atoms with van der Waals surface area (Å²) in [7, 11) is 0. The number of aliphatic imine (C=N–C) groups is 1. The predicted octanol–water partition coefficient (Wildman–Crippen LogP) is 1.45. The Kier molecular flexibility index (Phi) is 8.41. The third-order valence-corrected chi connectivity index (χ3v) is 4.38. The number of nitrogens with zero attached hydrogens (tertiary/aromatic N) is 3. The molecule has 2 saturated heterocycles. The summed E-state index contributed by atoms with van der Waals surface area (Å²) < 4.78 is 0. The van der Waals surface area contributed by atoms with Crippen molar-refractivity contribution in [1.29, 1.82) is 0 Å². The van der Waals surface area contributed by atoms with Crippen LogP contribution in [0.5, 0.6) is 0 Å².